The topological polar surface area (TPSA) is 160 Å². The van der Waals surface area contributed by atoms with Crippen molar-refractivity contribution in [3.05, 3.63) is 106 Å². The molecule has 0 unspecified atom stereocenters. The molecule has 1 N–H and O–H groups in total. The van der Waals surface area contributed by atoms with Crippen molar-refractivity contribution >= 4 is 45.7 Å². The molecule has 0 radical (unpaired) electrons. The van der Waals surface area contributed by atoms with Crippen molar-refractivity contribution in [3.63, 3.8) is 0 Å². The first-order chi connectivity index (χ1) is 31.5. The number of carbonyl (C=O) groups is 3. The van der Waals surface area contributed by atoms with Crippen LogP contribution in [0.2, 0.25) is 0 Å². The summed E-state index contributed by atoms with van der Waals surface area (Å²) in [4.78, 5) is 69.9. The summed E-state index contributed by atoms with van der Waals surface area (Å²) < 4.78 is 52.3. The molecule has 5 aromatic rings. The molecule has 65 heavy (non-hydrogen) atoms. The fraction of sp³-hybridized carbons (Fsp3) is 0.383. The lowest BCUT2D eigenvalue weighted by molar-refractivity contribution is -0.136. The molecule has 2 aromatic heterocycles. The van der Waals surface area contributed by atoms with Crippen molar-refractivity contribution in [2.45, 2.75) is 50.9 Å². The predicted molar refractivity (Wildman–Crippen MR) is 234 cm³/mol. The first kappa shape index (κ1) is 42.0. The van der Waals surface area contributed by atoms with E-state index in [1.807, 2.05) is 17.0 Å². The Bertz CT molecular complexity index is 2820. The van der Waals surface area contributed by atoms with Gasteiger partial charge in [0, 0.05) is 76.5 Å². The molecule has 18 heteroatoms. The number of nitrogens with one attached hydrogen (secondary N) is 1. The first-order valence-corrected chi connectivity index (χ1v) is 22.0. The van der Waals surface area contributed by atoms with Gasteiger partial charge in [-0.3, -0.25) is 34.0 Å². The second-order valence-electron chi connectivity index (χ2n) is 17.3. The highest BCUT2D eigenvalue weighted by atomic mass is 19.1. The van der Waals surface area contributed by atoms with E-state index in [4.69, 9.17) is 4.74 Å². The molecular formula is C47H45F3N10O5. The van der Waals surface area contributed by atoms with Gasteiger partial charge < -0.3 is 24.3 Å². The number of hydrogen-bond acceptors (Lipinski definition) is 12. The van der Waals surface area contributed by atoms with Gasteiger partial charge in [0.05, 0.1) is 40.7 Å². The second kappa shape index (κ2) is 17.2. The molecule has 0 saturated carbocycles. The smallest absolute Gasteiger partial charge is 0.267 e. The van der Waals surface area contributed by atoms with Crippen LogP contribution in [0.3, 0.4) is 0 Å². The van der Waals surface area contributed by atoms with Gasteiger partial charge in [0.15, 0.2) is 17.4 Å². The first-order valence-electron chi connectivity index (χ1n) is 22.0. The second-order valence-corrected chi connectivity index (χ2v) is 17.3. The van der Waals surface area contributed by atoms with Crippen molar-refractivity contribution in [2.24, 2.45) is 5.92 Å². The average Bonchev–Trinajstić information content (AvgIpc) is 3.90. The highest BCUT2D eigenvalue weighted by Crippen LogP contribution is 2.38. The number of carbonyl (C=O) groups excluding carboxylic acids is 3. The fourth-order valence-corrected chi connectivity index (χ4v) is 9.85. The van der Waals surface area contributed by atoms with E-state index in [1.165, 1.54) is 34.0 Å². The molecule has 4 fully saturated rings. The van der Waals surface area contributed by atoms with Gasteiger partial charge in [-0.1, -0.05) is 0 Å². The van der Waals surface area contributed by atoms with Gasteiger partial charge in [0.2, 0.25) is 11.8 Å². The van der Waals surface area contributed by atoms with E-state index in [1.54, 1.807) is 41.4 Å². The maximum atomic E-state index is 16.0. The highest BCUT2D eigenvalue weighted by Gasteiger charge is 2.41. The van der Waals surface area contributed by atoms with E-state index in [0.29, 0.717) is 60.2 Å². The van der Waals surface area contributed by atoms with Crippen LogP contribution in [0.1, 0.15) is 53.6 Å². The van der Waals surface area contributed by atoms with Crippen LogP contribution in [0.4, 0.5) is 30.2 Å². The van der Waals surface area contributed by atoms with Crippen molar-refractivity contribution < 1.29 is 32.3 Å². The normalized spacial score (nSPS) is 20.7. The van der Waals surface area contributed by atoms with Gasteiger partial charge in [0.25, 0.3) is 11.5 Å². The number of fused-ring (bicyclic) bond motifs is 2. The lowest BCUT2D eigenvalue weighted by atomic mass is 9.95. The van der Waals surface area contributed by atoms with Crippen molar-refractivity contribution in [1.82, 2.24) is 29.7 Å². The Morgan fingerprint density at radius 2 is 1.62 bits per heavy atom. The third-order valence-electron chi connectivity index (χ3n) is 13.4. The van der Waals surface area contributed by atoms with E-state index in [2.05, 4.69) is 25.1 Å². The lowest BCUT2D eigenvalue weighted by Gasteiger charge is -2.40. The SMILES string of the molecule is N#Cc1c(N2CC[C@@H](F)C2)ccc(F)c1Oc1ccc2ncn(-c3ccc(N4CCN(CC5CCN(c6ccc7c(c6F)CN([C@H]6CCC(=O)NC6=O)C7=O)CC5)CC4)cn3)c(=O)c2c1. The Morgan fingerprint density at radius 3 is 2.34 bits per heavy atom. The average molecular weight is 887 g/mol. The molecule has 0 bridgehead atoms. The maximum Gasteiger partial charge on any atom is 0.267 e. The minimum absolute atomic E-state index is 0.00191. The summed E-state index contributed by atoms with van der Waals surface area (Å²) in [5, 5.41) is 12.5. The Balaban J connectivity index is 0.737. The number of aromatic nitrogens is 3. The van der Waals surface area contributed by atoms with Gasteiger partial charge in [0.1, 0.15) is 41.7 Å². The molecule has 0 spiro atoms. The Labute approximate surface area is 371 Å². The number of halogens is 3. The zero-order valence-corrected chi connectivity index (χ0v) is 35.4. The lowest BCUT2D eigenvalue weighted by Crippen LogP contribution is -2.52. The summed E-state index contributed by atoms with van der Waals surface area (Å²) in [6.07, 6.45) is 4.59. The quantitative estimate of drug-likeness (QED) is 0.196. The summed E-state index contributed by atoms with van der Waals surface area (Å²) in [6, 6.07) is 15.5. The van der Waals surface area contributed by atoms with Crippen LogP contribution in [0.5, 0.6) is 11.5 Å². The Morgan fingerprint density at radius 1 is 0.831 bits per heavy atom. The summed E-state index contributed by atoms with van der Waals surface area (Å²) in [5.41, 5.74) is 2.28. The van der Waals surface area contributed by atoms with Gasteiger partial charge in [-0.05, 0) is 86.2 Å². The van der Waals surface area contributed by atoms with Crippen LogP contribution < -0.4 is 30.3 Å². The monoisotopic (exact) mass is 886 g/mol. The van der Waals surface area contributed by atoms with Crippen LogP contribution in [0, 0.1) is 28.9 Å². The number of nitrogens with zero attached hydrogens (tertiary/aromatic N) is 9. The zero-order chi connectivity index (χ0) is 44.9. The fourth-order valence-electron chi connectivity index (χ4n) is 9.85. The number of ether oxygens (including phenoxy) is 1. The van der Waals surface area contributed by atoms with E-state index in [9.17, 15) is 28.8 Å². The number of pyridine rings is 1. The van der Waals surface area contributed by atoms with Crippen molar-refractivity contribution in [2.75, 3.05) is 73.6 Å². The molecule has 2 atom stereocenters. The number of imide groups is 1. The van der Waals surface area contributed by atoms with E-state index < -0.39 is 35.3 Å². The van der Waals surface area contributed by atoms with Crippen LogP contribution in [-0.4, -0.2) is 113 Å². The summed E-state index contributed by atoms with van der Waals surface area (Å²) in [6.45, 7) is 6.11. The number of amides is 3. The molecule has 0 aliphatic carbocycles. The van der Waals surface area contributed by atoms with Crippen LogP contribution >= 0.6 is 0 Å². The molecule has 7 heterocycles. The number of hydrogen-bond donors (Lipinski definition) is 1. The number of benzene rings is 3. The third-order valence-corrected chi connectivity index (χ3v) is 13.4. The molecule has 4 saturated heterocycles. The number of piperazine rings is 1. The summed E-state index contributed by atoms with van der Waals surface area (Å²) in [5.74, 6) is -1.81. The van der Waals surface area contributed by atoms with Gasteiger partial charge in [-0.2, -0.15) is 5.26 Å². The van der Waals surface area contributed by atoms with E-state index >= 15 is 8.78 Å². The molecule has 3 aromatic carbocycles. The van der Waals surface area contributed by atoms with Crippen LogP contribution in [0.25, 0.3) is 16.7 Å². The number of piperidine rings is 2. The third kappa shape index (κ3) is 7.98. The number of nitriles is 1. The largest absolute Gasteiger partial charge is 0.453 e. The minimum atomic E-state index is -1.04. The van der Waals surface area contributed by atoms with Crippen molar-refractivity contribution in [3.8, 4) is 23.4 Å². The summed E-state index contributed by atoms with van der Waals surface area (Å²) >= 11 is 0. The number of alkyl halides is 1. The van der Waals surface area contributed by atoms with E-state index in [0.717, 1.165) is 51.3 Å². The Hall–Kier alpha value is -7.00. The van der Waals surface area contributed by atoms with Gasteiger partial charge >= 0.3 is 0 Å². The van der Waals surface area contributed by atoms with Gasteiger partial charge in [-0.25, -0.2) is 23.1 Å². The Kier molecular flexibility index (Phi) is 11.1. The standard InChI is InChI=1S/C47H45F3N10O5/c48-29-13-16-58(25-29)38-7-4-36(49)44(34(38)22-51)65-31-2-5-37-33(21-31)47(64)60(27-53-37)41-9-1-30(23-52-41)56-19-17-55(18-20-56)24-28-11-14-57(15-12-28)39-6-3-32-35(43(39)50)26-59(46(32)63)40-8-10-42(61)54-45(40)62/h1-7,9,21,23,27-29,40H,8,10-20,24-26H2,(H,54,61,62)/t29-,40+/m1/s1. The van der Waals surface area contributed by atoms with Gasteiger partial charge in [-0.15, -0.1) is 0 Å². The van der Waals surface area contributed by atoms with Crippen LogP contribution in [0.15, 0.2) is 71.9 Å². The number of anilines is 3. The molecular weight excluding hydrogens is 842 g/mol. The maximum absolute atomic E-state index is 16.0. The summed E-state index contributed by atoms with van der Waals surface area (Å²) in [7, 11) is 0. The molecule has 10 rings (SSSR count). The van der Waals surface area contributed by atoms with Crippen LogP contribution in [-0.2, 0) is 16.1 Å². The van der Waals surface area contributed by atoms with Crippen molar-refractivity contribution in [1.29, 1.82) is 5.26 Å². The molecule has 5 aliphatic rings. The molecule has 5 aliphatic heterocycles. The number of rotatable bonds is 9. The predicted octanol–water partition coefficient (Wildman–Crippen LogP) is 5.07. The molecule has 15 nitrogen and oxygen atoms in total. The van der Waals surface area contributed by atoms with E-state index in [-0.39, 0.29) is 65.8 Å². The minimum Gasteiger partial charge on any atom is -0.453 e. The molecule has 3 amide bonds. The molecule has 334 valence electrons. The zero-order valence-electron chi connectivity index (χ0n) is 35.4. The highest BCUT2D eigenvalue weighted by molar-refractivity contribution is 6.05.